The molecule has 0 bridgehead atoms. The van der Waals surface area contributed by atoms with Crippen molar-refractivity contribution in [2.24, 2.45) is 5.92 Å². The van der Waals surface area contributed by atoms with Gasteiger partial charge in [-0.15, -0.1) is 0 Å². The van der Waals surface area contributed by atoms with Gasteiger partial charge in [-0.1, -0.05) is 26.7 Å². The Balaban J connectivity index is 2.61. The van der Waals surface area contributed by atoms with Gasteiger partial charge in [0.25, 0.3) is 5.91 Å². The van der Waals surface area contributed by atoms with Crippen molar-refractivity contribution in [3.05, 3.63) is 23.8 Å². The molecule has 1 atom stereocenters. The van der Waals surface area contributed by atoms with E-state index in [9.17, 15) is 4.79 Å². The quantitative estimate of drug-likeness (QED) is 0.749. The van der Waals surface area contributed by atoms with Gasteiger partial charge < -0.3 is 14.8 Å². The zero-order valence-electron chi connectivity index (χ0n) is 14.4. The van der Waals surface area contributed by atoms with Crippen molar-refractivity contribution in [2.45, 2.75) is 53.0 Å². The van der Waals surface area contributed by atoms with Crippen molar-refractivity contribution in [1.29, 1.82) is 0 Å². The van der Waals surface area contributed by atoms with Gasteiger partial charge in [0.15, 0.2) is 11.5 Å². The first-order chi connectivity index (χ1) is 10.5. The molecule has 1 aromatic carbocycles. The summed E-state index contributed by atoms with van der Waals surface area (Å²) >= 11 is 0. The van der Waals surface area contributed by atoms with Gasteiger partial charge in [-0.3, -0.25) is 4.79 Å². The summed E-state index contributed by atoms with van der Waals surface area (Å²) in [5.41, 5.74) is 0.594. The first kappa shape index (κ1) is 18.3. The summed E-state index contributed by atoms with van der Waals surface area (Å²) in [6, 6.07) is 5.44. The number of benzene rings is 1. The third-order valence-electron chi connectivity index (χ3n) is 3.52. The standard InChI is InChI=1S/C18H29NO3/c1-6-22-16-11-10-15(12-17(16)21-5)18(20)19-14(4)9-7-8-13(2)3/h10-14H,6-9H2,1-5H3,(H,19,20). The fourth-order valence-electron chi connectivity index (χ4n) is 2.30. The maximum Gasteiger partial charge on any atom is 0.251 e. The lowest BCUT2D eigenvalue weighted by Gasteiger charge is -2.15. The average molecular weight is 307 g/mol. The minimum Gasteiger partial charge on any atom is -0.493 e. The molecule has 0 spiro atoms. The van der Waals surface area contributed by atoms with Crippen molar-refractivity contribution < 1.29 is 14.3 Å². The molecule has 22 heavy (non-hydrogen) atoms. The Bertz CT molecular complexity index is 471. The zero-order valence-corrected chi connectivity index (χ0v) is 14.4. The second-order valence-electron chi connectivity index (χ2n) is 6.00. The molecular weight excluding hydrogens is 278 g/mol. The lowest BCUT2D eigenvalue weighted by atomic mass is 10.0. The van der Waals surface area contributed by atoms with Crippen molar-refractivity contribution in [3.63, 3.8) is 0 Å². The van der Waals surface area contributed by atoms with Gasteiger partial charge in [-0.2, -0.15) is 0 Å². The van der Waals surface area contributed by atoms with Crippen LogP contribution in [0.5, 0.6) is 11.5 Å². The molecule has 1 rings (SSSR count). The zero-order chi connectivity index (χ0) is 16.5. The molecule has 1 aromatic rings. The van der Waals surface area contributed by atoms with Crippen LogP contribution in [0.15, 0.2) is 18.2 Å². The molecule has 0 aliphatic heterocycles. The predicted octanol–water partition coefficient (Wildman–Crippen LogP) is 4.04. The van der Waals surface area contributed by atoms with Gasteiger partial charge in [0, 0.05) is 11.6 Å². The molecule has 0 aliphatic carbocycles. The summed E-state index contributed by atoms with van der Waals surface area (Å²) in [4.78, 5) is 12.3. The molecule has 0 heterocycles. The van der Waals surface area contributed by atoms with E-state index < -0.39 is 0 Å². The van der Waals surface area contributed by atoms with Crippen LogP contribution >= 0.6 is 0 Å². The smallest absolute Gasteiger partial charge is 0.251 e. The Labute approximate surface area is 134 Å². The largest absolute Gasteiger partial charge is 0.493 e. The van der Waals surface area contributed by atoms with E-state index in [0.29, 0.717) is 29.6 Å². The Kier molecular flexibility index (Phi) is 7.78. The summed E-state index contributed by atoms with van der Waals surface area (Å²) in [6.07, 6.45) is 3.32. The third-order valence-corrected chi connectivity index (χ3v) is 3.52. The van der Waals surface area contributed by atoms with Crippen LogP contribution in [0.3, 0.4) is 0 Å². The summed E-state index contributed by atoms with van der Waals surface area (Å²) in [5, 5.41) is 3.04. The van der Waals surface area contributed by atoms with Gasteiger partial charge in [0.05, 0.1) is 13.7 Å². The fraction of sp³-hybridized carbons (Fsp3) is 0.611. The predicted molar refractivity (Wildman–Crippen MR) is 89.8 cm³/mol. The number of methoxy groups -OCH3 is 1. The van der Waals surface area contributed by atoms with E-state index in [-0.39, 0.29) is 11.9 Å². The highest BCUT2D eigenvalue weighted by Gasteiger charge is 2.13. The second-order valence-corrected chi connectivity index (χ2v) is 6.00. The Morgan fingerprint density at radius 3 is 2.50 bits per heavy atom. The van der Waals surface area contributed by atoms with Crippen LogP contribution in [0.4, 0.5) is 0 Å². The molecule has 0 saturated heterocycles. The molecule has 1 N–H and O–H groups in total. The van der Waals surface area contributed by atoms with Crippen LogP contribution in [0.1, 0.15) is 57.3 Å². The molecule has 0 fully saturated rings. The van der Waals surface area contributed by atoms with E-state index in [1.807, 2.05) is 13.8 Å². The first-order valence-electron chi connectivity index (χ1n) is 8.09. The summed E-state index contributed by atoms with van der Waals surface area (Å²) < 4.78 is 10.7. The number of rotatable bonds is 9. The Morgan fingerprint density at radius 2 is 1.91 bits per heavy atom. The maximum atomic E-state index is 12.3. The van der Waals surface area contributed by atoms with Gasteiger partial charge in [0.1, 0.15) is 0 Å². The lowest BCUT2D eigenvalue weighted by Crippen LogP contribution is -2.32. The second kappa shape index (κ2) is 9.34. The Morgan fingerprint density at radius 1 is 1.18 bits per heavy atom. The topological polar surface area (TPSA) is 47.6 Å². The van der Waals surface area contributed by atoms with E-state index >= 15 is 0 Å². The Hall–Kier alpha value is -1.71. The molecule has 0 radical (unpaired) electrons. The van der Waals surface area contributed by atoms with Gasteiger partial charge in [-0.25, -0.2) is 0 Å². The highest BCUT2D eigenvalue weighted by molar-refractivity contribution is 5.95. The number of carbonyl (C=O) groups excluding carboxylic acids is 1. The molecule has 0 saturated carbocycles. The minimum absolute atomic E-state index is 0.0709. The molecule has 0 aromatic heterocycles. The van der Waals surface area contributed by atoms with Crippen molar-refractivity contribution in [2.75, 3.05) is 13.7 Å². The molecular formula is C18H29NO3. The van der Waals surface area contributed by atoms with Gasteiger partial charge in [-0.05, 0) is 44.4 Å². The number of amides is 1. The number of hydrogen-bond acceptors (Lipinski definition) is 3. The summed E-state index contributed by atoms with van der Waals surface area (Å²) in [6.45, 7) is 8.96. The SMILES string of the molecule is CCOc1ccc(C(=O)NC(C)CCCC(C)C)cc1OC. The van der Waals surface area contributed by atoms with E-state index in [2.05, 4.69) is 19.2 Å². The van der Waals surface area contributed by atoms with E-state index in [4.69, 9.17) is 9.47 Å². The normalized spacial score (nSPS) is 12.1. The number of ether oxygens (including phenoxy) is 2. The van der Waals surface area contributed by atoms with Crippen LogP contribution in [-0.4, -0.2) is 25.7 Å². The van der Waals surface area contributed by atoms with E-state index in [0.717, 1.165) is 12.8 Å². The van der Waals surface area contributed by atoms with Crippen LogP contribution in [0.25, 0.3) is 0 Å². The number of nitrogens with one attached hydrogen (secondary N) is 1. The van der Waals surface area contributed by atoms with Crippen LogP contribution in [0.2, 0.25) is 0 Å². The van der Waals surface area contributed by atoms with Crippen LogP contribution in [-0.2, 0) is 0 Å². The lowest BCUT2D eigenvalue weighted by molar-refractivity contribution is 0.0937. The monoisotopic (exact) mass is 307 g/mol. The third kappa shape index (κ3) is 5.96. The summed E-state index contributed by atoms with van der Waals surface area (Å²) in [5.74, 6) is 1.88. The molecule has 4 heteroatoms. The molecule has 1 amide bonds. The van der Waals surface area contributed by atoms with Crippen LogP contribution in [0, 0.1) is 5.92 Å². The first-order valence-corrected chi connectivity index (χ1v) is 8.09. The van der Waals surface area contributed by atoms with Gasteiger partial charge in [0.2, 0.25) is 0 Å². The fourth-order valence-corrected chi connectivity index (χ4v) is 2.30. The highest BCUT2D eigenvalue weighted by Crippen LogP contribution is 2.28. The summed E-state index contributed by atoms with van der Waals surface area (Å²) in [7, 11) is 1.58. The minimum atomic E-state index is -0.0709. The van der Waals surface area contributed by atoms with E-state index in [1.165, 1.54) is 6.42 Å². The van der Waals surface area contributed by atoms with E-state index in [1.54, 1.807) is 25.3 Å². The molecule has 4 nitrogen and oxygen atoms in total. The molecule has 0 aliphatic rings. The molecule has 1 unspecified atom stereocenters. The van der Waals surface area contributed by atoms with Crippen molar-refractivity contribution in [1.82, 2.24) is 5.32 Å². The highest BCUT2D eigenvalue weighted by atomic mass is 16.5. The number of carbonyl (C=O) groups is 1. The van der Waals surface area contributed by atoms with Crippen molar-refractivity contribution >= 4 is 5.91 Å². The van der Waals surface area contributed by atoms with Crippen molar-refractivity contribution in [3.8, 4) is 11.5 Å². The van der Waals surface area contributed by atoms with Gasteiger partial charge >= 0.3 is 0 Å². The number of hydrogen-bond donors (Lipinski definition) is 1. The molecule has 124 valence electrons. The van der Waals surface area contributed by atoms with Crippen LogP contribution < -0.4 is 14.8 Å². The maximum absolute atomic E-state index is 12.3. The average Bonchev–Trinajstić information content (AvgIpc) is 2.47.